The average Bonchev–Trinajstić information content (AvgIpc) is 2.37. The molecule has 2 fully saturated rings. The molecule has 0 aromatic carbocycles. The van der Waals surface area contributed by atoms with E-state index in [0.717, 1.165) is 45.2 Å². The molecule has 0 bridgehead atoms. The van der Waals surface area contributed by atoms with E-state index in [-0.39, 0.29) is 16.7 Å². The van der Waals surface area contributed by atoms with Crippen LogP contribution in [0.5, 0.6) is 0 Å². The second kappa shape index (κ2) is 5.93. The van der Waals surface area contributed by atoms with Crippen molar-refractivity contribution in [1.29, 1.82) is 0 Å². The van der Waals surface area contributed by atoms with Crippen molar-refractivity contribution >= 4 is 10.0 Å². The average molecular weight is 302 g/mol. The van der Waals surface area contributed by atoms with Gasteiger partial charge in [0.15, 0.2) is 0 Å². The molecule has 0 amide bonds. The van der Waals surface area contributed by atoms with Crippen LogP contribution >= 0.6 is 0 Å². The van der Waals surface area contributed by atoms with Crippen molar-refractivity contribution < 1.29 is 8.42 Å². The van der Waals surface area contributed by atoms with Gasteiger partial charge in [0.05, 0.1) is 5.75 Å². The molecule has 0 aromatic rings. The molecule has 20 heavy (non-hydrogen) atoms. The van der Waals surface area contributed by atoms with Crippen LogP contribution in [0.25, 0.3) is 0 Å². The fourth-order valence-corrected chi connectivity index (χ4v) is 5.74. The SMILES string of the molecule is CC(C)(C)CCS(=O)(=O)N1CCNCC12CCCCC2. The summed E-state index contributed by atoms with van der Waals surface area (Å²) in [4.78, 5) is 0. The van der Waals surface area contributed by atoms with E-state index < -0.39 is 10.0 Å². The van der Waals surface area contributed by atoms with E-state index in [0.29, 0.717) is 6.54 Å². The lowest BCUT2D eigenvalue weighted by Gasteiger charge is -2.48. The molecule has 0 atom stereocenters. The van der Waals surface area contributed by atoms with Crippen molar-refractivity contribution in [1.82, 2.24) is 9.62 Å². The van der Waals surface area contributed by atoms with Gasteiger partial charge in [-0.1, -0.05) is 40.0 Å². The third kappa shape index (κ3) is 3.74. The van der Waals surface area contributed by atoms with Gasteiger partial charge in [0.25, 0.3) is 0 Å². The maximum absolute atomic E-state index is 12.8. The van der Waals surface area contributed by atoms with Crippen LogP contribution in [0.3, 0.4) is 0 Å². The Hall–Kier alpha value is -0.130. The molecule has 2 aliphatic rings. The number of hydrogen-bond donors (Lipinski definition) is 1. The van der Waals surface area contributed by atoms with Crippen LogP contribution in [0, 0.1) is 5.41 Å². The first kappa shape index (κ1) is 16.2. The van der Waals surface area contributed by atoms with E-state index >= 15 is 0 Å². The lowest BCUT2D eigenvalue weighted by atomic mass is 9.80. The highest BCUT2D eigenvalue weighted by molar-refractivity contribution is 7.89. The minimum absolute atomic E-state index is 0.0703. The Morgan fingerprint density at radius 2 is 1.80 bits per heavy atom. The first-order chi connectivity index (χ1) is 9.25. The zero-order valence-electron chi connectivity index (χ0n) is 13.2. The second-order valence-corrected chi connectivity index (χ2v) is 9.67. The van der Waals surface area contributed by atoms with Crippen LogP contribution in [0.4, 0.5) is 0 Å². The van der Waals surface area contributed by atoms with Gasteiger partial charge in [-0.05, 0) is 24.7 Å². The normalized spacial score (nSPS) is 24.9. The summed E-state index contributed by atoms with van der Waals surface area (Å²) >= 11 is 0. The van der Waals surface area contributed by atoms with Crippen LogP contribution < -0.4 is 5.32 Å². The lowest BCUT2D eigenvalue weighted by molar-refractivity contribution is 0.101. The smallest absolute Gasteiger partial charge is 0.214 e. The summed E-state index contributed by atoms with van der Waals surface area (Å²) in [6.07, 6.45) is 6.34. The van der Waals surface area contributed by atoms with Crippen molar-refractivity contribution in [2.24, 2.45) is 5.41 Å². The quantitative estimate of drug-likeness (QED) is 0.870. The molecule has 0 unspecified atom stereocenters. The van der Waals surface area contributed by atoms with Crippen LogP contribution in [0.2, 0.25) is 0 Å². The highest BCUT2D eigenvalue weighted by atomic mass is 32.2. The standard InChI is InChI=1S/C15H30N2O2S/c1-14(2,3)9-12-20(18,19)17-11-10-16-13-15(17)7-5-4-6-8-15/h16H,4-13H2,1-3H3. The fourth-order valence-electron chi connectivity index (χ4n) is 3.44. The predicted molar refractivity (Wildman–Crippen MR) is 83.3 cm³/mol. The van der Waals surface area contributed by atoms with E-state index in [9.17, 15) is 8.42 Å². The van der Waals surface area contributed by atoms with E-state index in [1.54, 1.807) is 0 Å². The van der Waals surface area contributed by atoms with E-state index in [2.05, 4.69) is 26.1 Å². The van der Waals surface area contributed by atoms with Gasteiger partial charge >= 0.3 is 0 Å². The molecule has 1 heterocycles. The van der Waals surface area contributed by atoms with Gasteiger partial charge in [0.1, 0.15) is 0 Å². The minimum Gasteiger partial charge on any atom is -0.314 e. The van der Waals surface area contributed by atoms with Crippen molar-refractivity contribution in [2.45, 2.75) is 64.8 Å². The lowest BCUT2D eigenvalue weighted by Crippen LogP contribution is -2.63. The molecule has 1 N–H and O–H groups in total. The highest BCUT2D eigenvalue weighted by Gasteiger charge is 2.45. The number of sulfonamides is 1. The third-order valence-electron chi connectivity index (χ3n) is 4.70. The van der Waals surface area contributed by atoms with Crippen molar-refractivity contribution in [3.05, 3.63) is 0 Å². The van der Waals surface area contributed by atoms with Crippen molar-refractivity contribution in [3.8, 4) is 0 Å². The molecule has 1 saturated heterocycles. The largest absolute Gasteiger partial charge is 0.314 e. The van der Waals surface area contributed by atoms with E-state index in [1.807, 2.05) is 4.31 Å². The van der Waals surface area contributed by atoms with Crippen LogP contribution in [-0.2, 0) is 10.0 Å². The molecule has 1 aliphatic carbocycles. The third-order valence-corrected chi connectivity index (χ3v) is 6.67. The molecule has 1 saturated carbocycles. The van der Waals surface area contributed by atoms with Gasteiger partial charge in [-0.25, -0.2) is 8.42 Å². The van der Waals surface area contributed by atoms with Gasteiger partial charge in [-0.2, -0.15) is 4.31 Å². The summed E-state index contributed by atoms with van der Waals surface area (Å²) in [5, 5.41) is 3.41. The molecule has 0 radical (unpaired) electrons. The molecular formula is C15H30N2O2S. The number of rotatable bonds is 3. The zero-order chi connectivity index (χ0) is 14.9. The Labute approximate surface area is 124 Å². The second-order valence-electron chi connectivity index (χ2n) is 7.66. The van der Waals surface area contributed by atoms with Crippen molar-refractivity contribution in [3.63, 3.8) is 0 Å². The maximum atomic E-state index is 12.8. The fraction of sp³-hybridized carbons (Fsp3) is 1.00. The first-order valence-corrected chi connectivity index (χ1v) is 9.57. The number of piperazine rings is 1. The summed E-state index contributed by atoms with van der Waals surface area (Å²) in [5.41, 5.74) is -0.0615. The first-order valence-electron chi connectivity index (χ1n) is 7.97. The molecule has 4 nitrogen and oxygen atoms in total. The number of nitrogens with one attached hydrogen (secondary N) is 1. The summed E-state index contributed by atoms with van der Waals surface area (Å²) in [5.74, 6) is 0.290. The molecule has 5 heteroatoms. The number of nitrogens with zero attached hydrogens (tertiary/aromatic N) is 1. The monoisotopic (exact) mass is 302 g/mol. The van der Waals surface area contributed by atoms with E-state index in [1.165, 1.54) is 6.42 Å². The zero-order valence-corrected chi connectivity index (χ0v) is 14.1. The van der Waals surface area contributed by atoms with E-state index in [4.69, 9.17) is 0 Å². The van der Waals surface area contributed by atoms with Crippen LogP contribution in [-0.4, -0.2) is 43.6 Å². The summed E-state index contributed by atoms with van der Waals surface area (Å²) in [6.45, 7) is 8.59. The molecule has 2 rings (SSSR count). The van der Waals surface area contributed by atoms with Gasteiger partial charge in [0.2, 0.25) is 10.0 Å². The summed E-state index contributed by atoms with van der Waals surface area (Å²) in [6, 6.07) is 0. The van der Waals surface area contributed by atoms with Gasteiger partial charge < -0.3 is 5.32 Å². The maximum Gasteiger partial charge on any atom is 0.214 e. The highest BCUT2D eigenvalue weighted by Crippen LogP contribution is 2.37. The van der Waals surface area contributed by atoms with Gasteiger partial charge in [-0.15, -0.1) is 0 Å². The van der Waals surface area contributed by atoms with Gasteiger partial charge in [-0.3, -0.25) is 0 Å². The van der Waals surface area contributed by atoms with Gasteiger partial charge in [0, 0.05) is 25.2 Å². The topological polar surface area (TPSA) is 49.4 Å². The Balaban J connectivity index is 2.14. The van der Waals surface area contributed by atoms with Crippen molar-refractivity contribution in [2.75, 3.05) is 25.4 Å². The molecular weight excluding hydrogens is 272 g/mol. The van der Waals surface area contributed by atoms with Crippen LogP contribution in [0.15, 0.2) is 0 Å². The Kier molecular flexibility index (Phi) is 4.82. The molecule has 0 aromatic heterocycles. The summed E-state index contributed by atoms with van der Waals surface area (Å²) < 4.78 is 27.5. The molecule has 118 valence electrons. The summed E-state index contributed by atoms with van der Waals surface area (Å²) in [7, 11) is -3.13. The molecule has 1 spiro atoms. The Morgan fingerprint density at radius 3 is 2.40 bits per heavy atom. The number of hydrogen-bond acceptors (Lipinski definition) is 3. The molecule has 1 aliphatic heterocycles. The minimum atomic E-state index is -3.13. The Bertz CT molecular complexity index is 411. The Morgan fingerprint density at radius 1 is 1.15 bits per heavy atom. The predicted octanol–water partition coefficient (Wildman–Crippen LogP) is 2.36. The van der Waals surface area contributed by atoms with Crippen LogP contribution in [0.1, 0.15) is 59.3 Å².